The van der Waals surface area contributed by atoms with Crippen molar-refractivity contribution in [1.29, 1.82) is 0 Å². The fourth-order valence-electron chi connectivity index (χ4n) is 3.21. The number of hydrogen-bond donors (Lipinski definition) is 1. The lowest BCUT2D eigenvalue weighted by atomic mass is 10.2. The zero-order chi connectivity index (χ0) is 13.2. The van der Waals surface area contributed by atoms with E-state index < -0.39 is 0 Å². The second-order valence-electron chi connectivity index (χ2n) is 5.37. The number of nitrogens with zero attached hydrogens (tertiary/aromatic N) is 3. The van der Waals surface area contributed by atoms with E-state index in [0.717, 1.165) is 24.5 Å². The van der Waals surface area contributed by atoms with Crippen molar-refractivity contribution in [2.75, 3.05) is 31.1 Å². The van der Waals surface area contributed by atoms with Gasteiger partial charge in [-0.1, -0.05) is 12.2 Å². The van der Waals surface area contributed by atoms with Crippen LogP contribution in [0.3, 0.4) is 0 Å². The Labute approximate surface area is 119 Å². The Hall–Kier alpha value is -1.20. The van der Waals surface area contributed by atoms with Crippen molar-refractivity contribution in [1.82, 2.24) is 9.88 Å². The fourth-order valence-corrected chi connectivity index (χ4v) is 3.36. The van der Waals surface area contributed by atoms with E-state index in [2.05, 4.69) is 20.9 Å². The van der Waals surface area contributed by atoms with E-state index in [1.807, 2.05) is 6.07 Å². The molecule has 2 aliphatic rings. The molecule has 2 aliphatic heterocycles. The van der Waals surface area contributed by atoms with Gasteiger partial charge in [0.25, 0.3) is 0 Å². The second-order valence-corrected chi connectivity index (χ2v) is 5.81. The maximum Gasteiger partial charge on any atom is 0.124 e. The molecule has 3 heterocycles. The quantitative estimate of drug-likeness (QED) is 0.845. The van der Waals surface area contributed by atoms with Gasteiger partial charge < -0.3 is 10.6 Å². The Morgan fingerprint density at radius 3 is 2.84 bits per heavy atom. The molecule has 0 spiro atoms. The summed E-state index contributed by atoms with van der Waals surface area (Å²) in [7, 11) is 0. The average molecular weight is 276 g/mol. The molecule has 0 saturated carbocycles. The van der Waals surface area contributed by atoms with Crippen molar-refractivity contribution in [2.45, 2.75) is 25.3 Å². The number of nitrogens with two attached hydrogens (primary N) is 1. The van der Waals surface area contributed by atoms with Gasteiger partial charge in [-0.15, -0.1) is 0 Å². The number of rotatable bonds is 3. The van der Waals surface area contributed by atoms with Crippen molar-refractivity contribution in [2.24, 2.45) is 5.73 Å². The van der Waals surface area contributed by atoms with Crippen LogP contribution in [0.15, 0.2) is 18.3 Å². The number of aromatic nitrogens is 1. The minimum Gasteiger partial charge on any atom is -0.388 e. The third-order valence-corrected chi connectivity index (χ3v) is 4.37. The maximum atomic E-state index is 5.77. The monoisotopic (exact) mass is 276 g/mol. The molecule has 1 aromatic heterocycles. The largest absolute Gasteiger partial charge is 0.388 e. The van der Waals surface area contributed by atoms with Gasteiger partial charge in [-0.3, -0.25) is 9.88 Å². The predicted molar refractivity (Wildman–Crippen MR) is 81.5 cm³/mol. The van der Waals surface area contributed by atoms with E-state index in [4.69, 9.17) is 18.0 Å². The van der Waals surface area contributed by atoms with Crippen molar-refractivity contribution < 1.29 is 0 Å². The summed E-state index contributed by atoms with van der Waals surface area (Å²) in [5, 5.41) is 0. The molecule has 0 radical (unpaired) electrons. The van der Waals surface area contributed by atoms with Crippen molar-refractivity contribution >= 4 is 22.9 Å². The molecular formula is C14H20N4S. The molecule has 3 rings (SSSR count). The van der Waals surface area contributed by atoms with E-state index in [-0.39, 0.29) is 0 Å². The minimum atomic E-state index is 0.389. The molecule has 5 heteroatoms. The zero-order valence-corrected chi connectivity index (χ0v) is 11.9. The van der Waals surface area contributed by atoms with Gasteiger partial charge in [0.2, 0.25) is 0 Å². The highest BCUT2D eigenvalue weighted by Crippen LogP contribution is 2.26. The van der Waals surface area contributed by atoms with E-state index in [0.29, 0.717) is 11.0 Å². The van der Waals surface area contributed by atoms with Crippen LogP contribution < -0.4 is 10.6 Å². The van der Waals surface area contributed by atoms with Gasteiger partial charge in [0.05, 0.1) is 5.69 Å². The summed E-state index contributed by atoms with van der Waals surface area (Å²) in [6.07, 6.45) is 5.68. The SMILES string of the molecule is NC(=S)c1ncccc1N1CCC(N2CCCC2)C1. The lowest BCUT2D eigenvalue weighted by Crippen LogP contribution is -2.35. The lowest BCUT2D eigenvalue weighted by molar-refractivity contribution is 0.260. The molecule has 0 amide bonds. The van der Waals surface area contributed by atoms with Gasteiger partial charge in [0, 0.05) is 25.3 Å². The summed E-state index contributed by atoms with van der Waals surface area (Å²) in [6.45, 7) is 4.66. The summed E-state index contributed by atoms with van der Waals surface area (Å²) in [5.41, 5.74) is 7.63. The maximum absolute atomic E-state index is 5.77. The molecule has 4 nitrogen and oxygen atoms in total. The third-order valence-electron chi connectivity index (χ3n) is 4.18. The highest BCUT2D eigenvalue weighted by molar-refractivity contribution is 7.80. The predicted octanol–water partition coefficient (Wildman–Crippen LogP) is 1.39. The van der Waals surface area contributed by atoms with Crippen LogP contribution in [0.1, 0.15) is 25.0 Å². The first-order chi connectivity index (χ1) is 9.25. The standard InChI is InChI=1S/C14H20N4S/c15-14(19)13-12(4-3-6-16-13)18-9-5-11(10-18)17-7-1-2-8-17/h3-4,6,11H,1-2,5,7-10H2,(H2,15,19). The van der Waals surface area contributed by atoms with Crippen LogP contribution >= 0.6 is 12.2 Å². The highest BCUT2D eigenvalue weighted by atomic mass is 32.1. The van der Waals surface area contributed by atoms with E-state index in [9.17, 15) is 0 Å². The normalized spacial score (nSPS) is 24.0. The van der Waals surface area contributed by atoms with Crippen LogP contribution in [0.2, 0.25) is 0 Å². The summed E-state index contributed by atoms with van der Waals surface area (Å²) < 4.78 is 0. The average Bonchev–Trinajstić information content (AvgIpc) is 3.09. The van der Waals surface area contributed by atoms with Gasteiger partial charge in [0.1, 0.15) is 10.7 Å². The molecule has 0 aromatic carbocycles. The first-order valence-electron chi connectivity index (χ1n) is 6.99. The number of thiocarbonyl (C=S) groups is 1. The number of hydrogen-bond acceptors (Lipinski definition) is 4. The van der Waals surface area contributed by atoms with Crippen LogP contribution in [0.25, 0.3) is 0 Å². The molecule has 2 fully saturated rings. The Bertz CT molecular complexity index is 470. The molecule has 0 aliphatic carbocycles. The fraction of sp³-hybridized carbons (Fsp3) is 0.571. The molecule has 19 heavy (non-hydrogen) atoms. The molecule has 2 saturated heterocycles. The molecular weight excluding hydrogens is 256 g/mol. The molecule has 2 N–H and O–H groups in total. The van der Waals surface area contributed by atoms with Gasteiger partial charge in [-0.2, -0.15) is 0 Å². The Morgan fingerprint density at radius 1 is 1.32 bits per heavy atom. The number of likely N-dealkylation sites (tertiary alicyclic amines) is 1. The van der Waals surface area contributed by atoms with Gasteiger partial charge in [0.15, 0.2) is 0 Å². The number of anilines is 1. The first kappa shape index (κ1) is 12.8. The number of pyridine rings is 1. The van der Waals surface area contributed by atoms with E-state index >= 15 is 0 Å². The molecule has 102 valence electrons. The summed E-state index contributed by atoms with van der Waals surface area (Å²) in [6, 6.07) is 4.72. The van der Waals surface area contributed by atoms with Crippen LogP contribution in [0.5, 0.6) is 0 Å². The zero-order valence-electron chi connectivity index (χ0n) is 11.1. The minimum absolute atomic E-state index is 0.389. The van der Waals surface area contributed by atoms with E-state index in [1.165, 1.54) is 32.4 Å². The highest BCUT2D eigenvalue weighted by Gasteiger charge is 2.30. The molecule has 1 atom stereocenters. The van der Waals surface area contributed by atoms with Crippen LogP contribution in [-0.2, 0) is 0 Å². The van der Waals surface area contributed by atoms with Gasteiger partial charge in [-0.05, 0) is 44.5 Å². The van der Waals surface area contributed by atoms with Crippen LogP contribution in [0, 0.1) is 0 Å². The van der Waals surface area contributed by atoms with Crippen LogP contribution in [0.4, 0.5) is 5.69 Å². The molecule has 1 unspecified atom stereocenters. The third kappa shape index (κ3) is 2.58. The van der Waals surface area contributed by atoms with Crippen LogP contribution in [-0.4, -0.2) is 47.1 Å². The van der Waals surface area contributed by atoms with Gasteiger partial charge >= 0.3 is 0 Å². The van der Waals surface area contributed by atoms with Gasteiger partial charge in [-0.25, -0.2) is 0 Å². The summed E-state index contributed by atoms with van der Waals surface area (Å²) in [4.78, 5) is 9.71. The first-order valence-corrected chi connectivity index (χ1v) is 7.40. The Kier molecular flexibility index (Phi) is 3.66. The van der Waals surface area contributed by atoms with Crippen molar-refractivity contribution in [3.63, 3.8) is 0 Å². The van der Waals surface area contributed by atoms with Crippen molar-refractivity contribution in [3.8, 4) is 0 Å². The molecule has 0 bridgehead atoms. The summed E-state index contributed by atoms with van der Waals surface area (Å²) >= 11 is 5.10. The Morgan fingerprint density at radius 2 is 2.11 bits per heavy atom. The Balaban J connectivity index is 1.75. The molecule has 1 aromatic rings. The van der Waals surface area contributed by atoms with E-state index in [1.54, 1.807) is 6.20 Å². The summed E-state index contributed by atoms with van der Waals surface area (Å²) in [5.74, 6) is 0. The second kappa shape index (κ2) is 5.43. The topological polar surface area (TPSA) is 45.4 Å². The smallest absolute Gasteiger partial charge is 0.124 e. The van der Waals surface area contributed by atoms with Crippen molar-refractivity contribution in [3.05, 3.63) is 24.0 Å². The lowest BCUT2D eigenvalue weighted by Gasteiger charge is -2.25.